The van der Waals surface area contributed by atoms with Gasteiger partial charge in [0.05, 0.1) is 12.7 Å². The lowest BCUT2D eigenvalue weighted by Crippen LogP contribution is -2.09. The molecule has 2 aromatic carbocycles. The minimum atomic E-state index is -0.569. The van der Waals surface area contributed by atoms with Crippen LogP contribution < -0.4 is 5.32 Å². The molecule has 0 radical (unpaired) electrons. The summed E-state index contributed by atoms with van der Waals surface area (Å²) in [7, 11) is 1.27. The zero-order chi connectivity index (χ0) is 15.4. The first kappa shape index (κ1) is 15.5. The number of rotatable bonds is 4. The number of methoxy groups -OCH3 is 1. The molecule has 0 aliphatic carbocycles. The Morgan fingerprint density at radius 3 is 2.71 bits per heavy atom. The smallest absolute Gasteiger partial charge is 0.340 e. The molecule has 0 aliphatic heterocycles. The van der Waals surface area contributed by atoms with Crippen molar-refractivity contribution in [3.05, 3.63) is 63.4 Å². The molecule has 0 fully saturated rings. The number of carbonyl (C=O) groups excluding carboxylic acids is 1. The van der Waals surface area contributed by atoms with Crippen molar-refractivity contribution in [1.82, 2.24) is 0 Å². The molecule has 110 valence electrons. The third-order valence-electron chi connectivity index (χ3n) is 3.06. The Bertz CT molecular complexity index is 673. The highest BCUT2D eigenvalue weighted by atomic mass is 79.9. The van der Waals surface area contributed by atoms with Crippen LogP contribution >= 0.6 is 15.9 Å². The van der Waals surface area contributed by atoms with E-state index in [4.69, 9.17) is 0 Å². The molecule has 0 saturated heterocycles. The zero-order valence-corrected chi connectivity index (χ0v) is 13.3. The van der Waals surface area contributed by atoms with E-state index < -0.39 is 11.8 Å². The molecule has 0 amide bonds. The van der Waals surface area contributed by atoms with Crippen LogP contribution in [0, 0.1) is 12.7 Å². The van der Waals surface area contributed by atoms with E-state index in [1.165, 1.54) is 25.3 Å². The highest BCUT2D eigenvalue weighted by Gasteiger charge is 2.13. The Hall–Kier alpha value is -1.88. The maximum atomic E-state index is 13.3. The van der Waals surface area contributed by atoms with Gasteiger partial charge in [-0.15, -0.1) is 0 Å². The molecule has 21 heavy (non-hydrogen) atoms. The first-order chi connectivity index (χ1) is 10.0. The molecule has 3 nitrogen and oxygen atoms in total. The molecule has 0 aromatic heterocycles. The number of ether oxygens (including phenoxy) is 1. The molecule has 0 spiro atoms. The normalized spacial score (nSPS) is 10.3. The lowest BCUT2D eigenvalue weighted by molar-refractivity contribution is 0.0601. The van der Waals surface area contributed by atoms with Crippen LogP contribution in [0.2, 0.25) is 0 Å². The van der Waals surface area contributed by atoms with Crippen LogP contribution in [0.25, 0.3) is 0 Å². The van der Waals surface area contributed by atoms with Gasteiger partial charge in [-0.1, -0.05) is 28.1 Å². The van der Waals surface area contributed by atoms with Gasteiger partial charge < -0.3 is 10.1 Å². The Morgan fingerprint density at radius 1 is 1.29 bits per heavy atom. The number of aryl methyl sites for hydroxylation is 1. The number of hydrogen-bond donors (Lipinski definition) is 1. The van der Waals surface area contributed by atoms with Crippen LogP contribution in [0.15, 0.2) is 40.9 Å². The van der Waals surface area contributed by atoms with Gasteiger partial charge in [0.1, 0.15) is 5.82 Å². The molecule has 0 saturated carbocycles. The van der Waals surface area contributed by atoms with E-state index in [1.807, 2.05) is 25.1 Å². The van der Waals surface area contributed by atoms with Crippen molar-refractivity contribution in [2.75, 3.05) is 12.4 Å². The minimum Gasteiger partial charge on any atom is -0.465 e. The van der Waals surface area contributed by atoms with Crippen LogP contribution in [-0.4, -0.2) is 13.1 Å². The van der Waals surface area contributed by atoms with E-state index in [0.29, 0.717) is 12.2 Å². The van der Waals surface area contributed by atoms with Crippen molar-refractivity contribution < 1.29 is 13.9 Å². The van der Waals surface area contributed by atoms with Gasteiger partial charge >= 0.3 is 5.97 Å². The van der Waals surface area contributed by atoms with Crippen molar-refractivity contribution in [3.63, 3.8) is 0 Å². The summed E-state index contributed by atoms with van der Waals surface area (Å²) >= 11 is 3.50. The molecule has 5 heteroatoms. The quantitative estimate of drug-likeness (QED) is 0.834. The molecule has 0 unspecified atom stereocenters. The third-order valence-corrected chi connectivity index (χ3v) is 3.80. The molecular weight excluding hydrogens is 337 g/mol. The second kappa shape index (κ2) is 6.72. The molecule has 2 aromatic rings. The number of benzene rings is 2. The van der Waals surface area contributed by atoms with Crippen LogP contribution in [0.5, 0.6) is 0 Å². The predicted octanol–water partition coefficient (Wildman–Crippen LogP) is 4.30. The fraction of sp³-hybridized carbons (Fsp3) is 0.188. The monoisotopic (exact) mass is 351 g/mol. The minimum absolute atomic E-state index is 0.181. The first-order valence-electron chi connectivity index (χ1n) is 6.38. The largest absolute Gasteiger partial charge is 0.465 e. The second-order valence-electron chi connectivity index (χ2n) is 4.63. The average molecular weight is 352 g/mol. The lowest BCUT2D eigenvalue weighted by Gasteiger charge is -2.12. The van der Waals surface area contributed by atoms with Gasteiger partial charge in [0.2, 0.25) is 0 Å². The van der Waals surface area contributed by atoms with Crippen LogP contribution in [-0.2, 0) is 11.3 Å². The summed E-state index contributed by atoms with van der Waals surface area (Å²) in [5.41, 5.74) is 2.92. The Kier molecular flexibility index (Phi) is 4.96. The summed E-state index contributed by atoms with van der Waals surface area (Å²) in [4.78, 5) is 11.7. The topological polar surface area (TPSA) is 38.3 Å². The second-order valence-corrected chi connectivity index (χ2v) is 5.48. The van der Waals surface area contributed by atoms with Crippen LogP contribution in [0.4, 0.5) is 10.1 Å². The van der Waals surface area contributed by atoms with E-state index >= 15 is 0 Å². The molecule has 0 atom stereocenters. The summed E-state index contributed by atoms with van der Waals surface area (Å²) in [5, 5.41) is 3.13. The molecular formula is C16H15BrFNO2. The molecule has 2 rings (SSSR count). The van der Waals surface area contributed by atoms with E-state index in [9.17, 15) is 9.18 Å². The standard InChI is InChI=1S/C16H15BrFNO2/c1-10-3-4-11(14(17)7-10)9-19-15-6-5-12(18)8-13(15)16(20)21-2/h3-8,19H,9H2,1-2H3. The molecule has 0 heterocycles. The number of esters is 1. The van der Waals surface area contributed by atoms with E-state index in [0.717, 1.165) is 15.6 Å². The van der Waals surface area contributed by atoms with Gasteiger partial charge in [0.25, 0.3) is 0 Å². The maximum Gasteiger partial charge on any atom is 0.340 e. The number of carbonyl (C=O) groups is 1. The van der Waals surface area contributed by atoms with E-state index in [2.05, 4.69) is 26.0 Å². The zero-order valence-electron chi connectivity index (χ0n) is 11.7. The Balaban J connectivity index is 2.21. The third kappa shape index (κ3) is 3.82. The fourth-order valence-electron chi connectivity index (χ4n) is 1.94. The number of nitrogens with one attached hydrogen (secondary N) is 1. The van der Waals surface area contributed by atoms with Gasteiger partial charge in [-0.25, -0.2) is 9.18 Å². The lowest BCUT2D eigenvalue weighted by atomic mass is 10.1. The summed E-state index contributed by atoms with van der Waals surface area (Å²) in [6.07, 6.45) is 0. The van der Waals surface area contributed by atoms with Crippen molar-refractivity contribution in [2.24, 2.45) is 0 Å². The highest BCUT2D eigenvalue weighted by Crippen LogP contribution is 2.22. The summed E-state index contributed by atoms with van der Waals surface area (Å²) < 4.78 is 18.9. The first-order valence-corrected chi connectivity index (χ1v) is 7.17. The summed E-state index contributed by atoms with van der Waals surface area (Å²) in [5.74, 6) is -1.04. The van der Waals surface area contributed by atoms with Crippen molar-refractivity contribution in [3.8, 4) is 0 Å². The van der Waals surface area contributed by atoms with Gasteiger partial charge in [0.15, 0.2) is 0 Å². The highest BCUT2D eigenvalue weighted by molar-refractivity contribution is 9.10. The van der Waals surface area contributed by atoms with Crippen molar-refractivity contribution in [2.45, 2.75) is 13.5 Å². The number of anilines is 1. The van der Waals surface area contributed by atoms with E-state index in [-0.39, 0.29) is 5.56 Å². The van der Waals surface area contributed by atoms with Gasteiger partial charge in [-0.05, 0) is 42.3 Å². The Morgan fingerprint density at radius 2 is 2.05 bits per heavy atom. The number of hydrogen-bond acceptors (Lipinski definition) is 3. The van der Waals surface area contributed by atoms with E-state index in [1.54, 1.807) is 0 Å². The molecule has 0 bridgehead atoms. The summed E-state index contributed by atoms with van der Waals surface area (Å²) in [6.45, 7) is 2.52. The van der Waals surface area contributed by atoms with Crippen LogP contribution in [0.1, 0.15) is 21.5 Å². The maximum absolute atomic E-state index is 13.3. The van der Waals surface area contributed by atoms with Gasteiger partial charge in [-0.3, -0.25) is 0 Å². The van der Waals surface area contributed by atoms with Crippen LogP contribution in [0.3, 0.4) is 0 Å². The number of halogens is 2. The van der Waals surface area contributed by atoms with Crippen molar-refractivity contribution >= 4 is 27.6 Å². The fourth-order valence-corrected chi connectivity index (χ4v) is 2.57. The SMILES string of the molecule is COC(=O)c1cc(F)ccc1NCc1ccc(C)cc1Br. The summed E-state index contributed by atoms with van der Waals surface area (Å²) in [6, 6.07) is 10.0. The molecule has 1 N–H and O–H groups in total. The molecule has 0 aliphatic rings. The van der Waals surface area contributed by atoms with Gasteiger partial charge in [-0.2, -0.15) is 0 Å². The van der Waals surface area contributed by atoms with Crippen molar-refractivity contribution in [1.29, 1.82) is 0 Å². The Labute approximate surface area is 131 Å². The average Bonchev–Trinajstić information content (AvgIpc) is 2.46. The predicted molar refractivity (Wildman–Crippen MR) is 83.9 cm³/mol. The van der Waals surface area contributed by atoms with Gasteiger partial charge in [0, 0.05) is 16.7 Å².